The van der Waals surface area contributed by atoms with Gasteiger partial charge in [0, 0.05) is 20.6 Å². The topological polar surface area (TPSA) is 70.7 Å². The highest BCUT2D eigenvalue weighted by Crippen LogP contribution is 2.51. The van der Waals surface area contributed by atoms with Crippen molar-refractivity contribution in [2.75, 3.05) is 16.3 Å². The minimum atomic E-state index is -0.544. The van der Waals surface area contributed by atoms with E-state index in [0.29, 0.717) is 0 Å². The van der Waals surface area contributed by atoms with Crippen LogP contribution in [0.5, 0.6) is 5.88 Å². The van der Waals surface area contributed by atoms with Gasteiger partial charge in [-0.1, -0.05) is 12.1 Å². The lowest BCUT2D eigenvalue weighted by atomic mass is 10.2. The molecule has 1 aromatic carbocycles. The zero-order valence-electron chi connectivity index (χ0n) is 13.0. The SMILES string of the molecule is Cn1c(O)c(N2[C]3CCCN3c3ccccc32)c(=O)n(C)c1=O. The van der Waals surface area contributed by atoms with Crippen LogP contribution in [-0.2, 0) is 14.1 Å². The summed E-state index contributed by atoms with van der Waals surface area (Å²) in [6.45, 7) is 0.885. The van der Waals surface area contributed by atoms with E-state index < -0.39 is 11.2 Å². The van der Waals surface area contributed by atoms with Gasteiger partial charge in [0.05, 0.1) is 11.4 Å². The molecule has 23 heavy (non-hydrogen) atoms. The fourth-order valence-corrected chi connectivity index (χ4v) is 3.43. The summed E-state index contributed by atoms with van der Waals surface area (Å²) in [6.07, 6.45) is 2.78. The average Bonchev–Trinajstić information content (AvgIpc) is 3.14. The van der Waals surface area contributed by atoms with Crippen molar-refractivity contribution in [1.82, 2.24) is 9.13 Å². The highest BCUT2D eigenvalue weighted by atomic mass is 16.3. The highest BCUT2D eigenvalue weighted by Gasteiger charge is 2.43. The van der Waals surface area contributed by atoms with E-state index in [-0.39, 0.29) is 11.6 Å². The Bertz CT molecular complexity index is 915. The highest BCUT2D eigenvalue weighted by molar-refractivity contribution is 5.88. The van der Waals surface area contributed by atoms with Gasteiger partial charge >= 0.3 is 5.69 Å². The summed E-state index contributed by atoms with van der Waals surface area (Å²) in [4.78, 5) is 28.6. The molecule has 1 fully saturated rings. The number of anilines is 3. The van der Waals surface area contributed by atoms with Crippen LogP contribution in [0.15, 0.2) is 33.9 Å². The van der Waals surface area contributed by atoms with Gasteiger partial charge in [0.1, 0.15) is 0 Å². The summed E-state index contributed by atoms with van der Waals surface area (Å²) < 4.78 is 2.12. The number of fused-ring (bicyclic) bond motifs is 3. The Labute approximate surface area is 132 Å². The van der Waals surface area contributed by atoms with E-state index >= 15 is 0 Å². The summed E-state index contributed by atoms with van der Waals surface area (Å²) in [7, 11) is 2.88. The first-order valence-corrected chi connectivity index (χ1v) is 7.54. The van der Waals surface area contributed by atoms with Crippen LogP contribution in [0.3, 0.4) is 0 Å². The Balaban J connectivity index is 2.02. The van der Waals surface area contributed by atoms with Crippen LogP contribution in [0.2, 0.25) is 0 Å². The van der Waals surface area contributed by atoms with Gasteiger partial charge in [-0.3, -0.25) is 13.9 Å². The maximum absolute atomic E-state index is 12.7. The van der Waals surface area contributed by atoms with Crippen molar-refractivity contribution >= 4 is 17.1 Å². The lowest BCUT2D eigenvalue weighted by Crippen LogP contribution is -2.41. The molecule has 1 aromatic heterocycles. The molecule has 3 heterocycles. The Morgan fingerprint density at radius 1 is 1.04 bits per heavy atom. The van der Waals surface area contributed by atoms with Crippen LogP contribution >= 0.6 is 0 Å². The molecule has 0 aliphatic carbocycles. The van der Waals surface area contributed by atoms with E-state index in [2.05, 4.69) is 4.90 Å². The van der Waals surface area contributed by atoms with Crippen molar-refractivity contribution in [3.8, 4) is 5.88 Å². The molecule has 7 nitrogen and oxygen atoms in total. The predicted molar refractivity (Wildman–Crippen MR) is 87.0 cm³/mol. The Morgan fingerprint density at radius 2 is 1.74 bits per heavy atom. The molecule has 0 amide bonds. The van der Waals surface area contributed by atoms with E-state index in [9.17, 15) is 14.7 Å². The maximum atomic E-state index is 12.7. The van der Waals surface area contributed by atoms with Crippen molar-refractivity contribution in [2.45, 2.75) is 12.8 Å². The predicted octanol–water partition coefficient (Wildman–Crippen LogP) is 1.03. The summed E-state index contributed by atoms with van der Waals surface area (Å²) >= 11 is 0. The minimum absolute atomic E-state index is 0.126. The molecule has 4 rings (SSSR count). The molecule has 0 bridgehead atoms. The lowest BCUT2D eigenvalue weighted by molar-refractivity contribution is 0.412. The molecule has 1 radical (unpaired) electrons. The lowest BCUT2D eigenvalue weighted by Gasteiger charge is -2.26. The fourth-order valence-electron chi connectivity index (χ4n) is 3.43. The summed E-state index contributed by atoms with van der Waals surface area (Å²) in [5.74, 6) is -0.311. The summed E-state index contributed by atoms with van der Waals surface area (Å²) in [5.41, 5.74) is 0.962. The van der Waals surface area contributed by atoms with Crippen molar-refractivity contribution < 1.29 is 5.11 Å². The fraction of sp³-hybridized carbons (Fsp3) is 0.312. The molecule has 1 saturated heterocycles. The van der Waals surface area contributed by atoms with Gasteiger partial charge in [0.25, 0.3) is 5.56 Å². The zero-order valence-corrected chi connectivity index (χ0v) is 13.0. The van der Waals surface area contributed by atoms with E-state index in [4.69, 9.17) is 0 Å². The summed E-state index contributed by atoms with van der Waals surface area (Å²) in [5, 5.41) is 10.5. The molecular formula is C16H17N4O3. The number of nitrogens with zero attached hydrogens (tertiary/aromatic N) is 4. The van der Waals surface area contributed by atoms with Gasteiger partial charge in [-0.05, 0) is 25.0 Å². The van der Waals surface area contributed by atoms with E-state index in [1.807, 2.05) is 24.3 Å². The van der Waals surface area contributed by atoms with Gasteiger partial charge in [-0.2, -0.15) is 0 Å². The van der Waals surface area contributed by atoms with Gasteiger partial charge in [0.15, 0.2) is 11.9 Å². The molecule has 119 valence electrons. The second kappa shape index (κ2) is 4.65. The van der Waals surface area contributed by atoms with Gasteiger partial charge in [0.2, 0.25) is 5.88 Å². The normalized spacial score (nSPS) is 16.8. The average molecular weight is 313 g/mol. The minimum Gasteiger partial charge on any atom is -0.493 e. The van der Waals surface area contributed by atoms with Gasteiger partial charge in [-0.25, -0.2) is 4.79 Å². The molecule has 7 heteroatoms. The van der Waals surface area contributed by atoms with Crippen molar-refractivity contribution in [2.24, 2.45) is 14.1 Å². The largest absolute Gasteiger partial charge is 0.493 e. The molecule has 2 aliphatic rings. The second-order valence-corrected chi connectivity index (χ2v) is 5.87. The standard InChI is InChI=1S/C16H17N4O3/c1-17-14(21)13(15(22)18(2)16(17)23)20-11-7-4-3-6-10(11)19-9-5-8-12(19)20/h3-4,6-7,21H,5,8-9H2,1-2H3. The third kappa shape index (κ3) is 1.70. The van der Waals surface area contributed by atoms with Crippen LogP contribution < -0.4 is 21.0 Å². The zero-order chi connectivity index (χ0) is 16.3. The summed E-state index contributed by atoms with van der Waals surface area (Å²) in [6, 6.07) is 7.78. The Kier molecular flexibility index (Phi) is 2.81. The van der Waals surface area contributed by atoms with Crippen LogP contribution in [0.25, 0.3) is 0 Å². The van der Waals surface area contributed by atoms with Crippen LogP contribution in [0.4, 0.5) is 17.1 Å². The third-order valence-corrected chi connectivity index (χ3v) is 4.60. The first-order chi connectivity index (χ1) is 11.0. The number of benzene rings is 1. The Hall–Kier alpha value is -2.70. The van der Waals surface area contributed by atoms with Crippen LogP contribution in [-0.4, -0.2) is 20.8 Å². The second-order valence-electron chi connectivity index (χ2n) is 5.87. The molecule has 2 aromatic rings. The smallest absolute Gasteiger partial charge is 0.333 e. The van der Waals surface area contributed by atoms with Crippen molar-refractivity contribution in [3.05, 3.63) is 51.3 Å². The van der Waals surface area contributed by atoms with Crippen LogP contribution in [0.1, 0.15) is 12.8 Å². The van der Waals surface area contributed by atoms with Crippen molar-refractivity contribution in [3.63, 3.8) is 0 Å². The van der Waals surface area contributed by atoms with Crippen molar-refractivity contribution in [1.29, 1.82) is 0 Å². The number of hydrogen-bond donors (Lipinski definition) is 1. The van der Waals surface area contributed by atoms with Gasteiger partial charge < -0.3 is 14.9 Å². The molecular weight excluding hydrogens is 296 g/mol. The van der Waals surface area contributed by atoms with E-state index in [1.165, 1.54) is 14.1 Å². The number of hydrogen-bond acceptors (Lipinski definition) is 5. The number of para-hydroxylation sites is 2. The molecule has 0 spiro atoms. The van der Waals surface area contributed by atoms with E-state index in [0.717, 1.165) is 46.1 Å². The maximum Gasteiger partial charge on any atom is 0.333 e. The number of aromatic nitrogens is 2. The van der Waals surface area contributed by atoms with Crippen LogP contribution in [0, 0.1) is 6.17 Å². The monoisotopic (exact) mass is 313 g/mol. The molecule has 1 N–H and O–H groups in total. The molecule has 0 unspecified atom stereocenters. The van der Waals surface area contributed by atoms with E-state index in [1.54, 1.807) is 4.90 Å². The molecule has 0 atom stereocenters. The molecule has 2 aliphatic heterocycles. The number of aromatic hydroxyl groups is 1. The molecule has 0 saturated carbocycles. The third-order valence-electron chi connectivity index (χ3n) is 4.60. The first-order valence-electron chi connectivity index (χ1n) is 7.54. The first kappa shape index (κ1) is 13.9. The Morgan fingerprint density at radius 3 is 2.48 bits per heavy atom. The quantitative estimate of drug-likeness (QED) is 0.851. The van der Waals surface area contributed by atoms with Gasteiger partial charge in [-0.15, -0.1) is 0 Å². The number of rotatable bonds is 1.